The van der Waals surface area contributed by atoms with Gasteiger partial charge in [0.15, 0.2) is 5.54 Å². The smallest absolute Gasteiger partial charge is 0.260 e. The summed E-state index contributed by atoms with van der Waals surface area (Å²) in [6.07, 6.45) is -1.49. The van der Waals surface area contributed by atoms with Gasteiger partial charge in [0.2, 0.25) is 5.72 Å². The van der Waals surface area contributed by atoms with Gasteiger partial charge in [0.05, 0.1) is 0 Å². The highest BCUT2D eigenvalue weighted by molar-refractivity contribution is 5.78. The Labute approximate surface area is 123 Å². The number of carbonyl (C=O) groups excluding carboxylic acids is 2. The molecule has 1 aromatic rings. The monoisotopic (exact) mass is 292 g/mol. The van der Waals surface area contributed by atoms with Crippen LogP contribution in [0, 0.1) is 0 Å². The molecule has 21 heavy (non-hydrogen) atoms. The number of hydrogen-bond acceptors (Lipinski definition) is 5. The number of quaternary nitrogens is 1. The summed E-state index contributed by atoms with van der Waals surface area (Å²) >= 11 is 0. The Morgan fingerprint density at radius 1 is 1.19 bits per heavy atom. The van der Waals surface area contributed by atoms with Crippen molar-refractivity contribution in [2.45, 2.75) is 38.6 Å². The van der Waals surface area contributed by atoms with E-state index in [1.54, 1.807) is 44.2 Å². The van der Waals surface area contributed by atoms with Gasteiger partial charge in [0.25, 0.3) is 6.09 Å². The van der Waals surface area contributed by atoms with Gasteiger partial charge in [0.1, 0.15) is 19.1 Å². The first-order valence-corrected chi connectivity index (χ1v) is 6.66. The number of carbonyl (C=O) groups is 2. The number of benzene rings is 1. The number of ether oxygens (including phenoxy) is 1. The van der Waals surface area contributed by atoms with Gasteiger partial charge in [0, 0.05) is 19.4 Å². The molecule has 0 saturated carbocycles. The van der Waals surface area contributed by atoms with Gasteiger partial charge >= 0.3 is 0 Å². The van der Waals surface area contributed by atoms with E-state index in [4.69, 9.17) is 4.74 Å². The average molecular weight is 292 g/mol. The maximum atomic E-state index is 12.0. The lowest BCUT2D eigenvalue weighted by Crippen LogP contribution is -2.77. The molecule has 6 heteroatoms. The van der Waals surface area contributed by atoms with E-state index in [0.717, 1.165) is 0 Å². The summed E-state index contributed by atoms with van der Waals surface area (Å²) in [5.74, 6) is -1.46. The lowest BCUT2D eigenvalue weighted by molar-refractivity contribution is -0.967. The van der Waals surface area contributed by atoms with Gasteiger partial charge in [-0.1, -0.05) is 30.3 Å². The first kappa shape index (κ1) is 15.5. The standard InChI is InChI=1S/C15H19NO5/c1-14(2)16(13(19)20,9-11-7-5-4-6-8-11)15(3,10-21-14)12(17)18/h4-8H,9-10H2,1-3H3,(H-,17,18,19,20)/p-1/t15?,16-/m1/s1. The largest absolute Gasteiger partial charge is 0.544 e. The van der Waals surface area contributed by atoms with E-state index in [-0.39, 0.29) is 13.2 Å². The minimum absolute atomic E-state index is 0.0549. The van der Waals surface area contributed by atoms with Crippen LogP contribution in [0.4, 0.5) is 4.79 Å². The number of carboxylic acids is 1. The maximum absolute atomic E-state index is 12.0. The van der Waals surface area contributed by atoms with E-state index < -0.39 is 27.8 Å². The first-order valence-electron chi connectivity index (χ1n) is 6.66. The van der Waals surface area contributed by atoms with E-state index in [2.05, 4.69) is 0 Å². The fraction of sp³-hybridized carbons (Fsp3) is 0.467. The van der Waals surface area contributed by atoms with Gasteiger partial charge in [-0.25, -0.2) is 4.48 Å². The minimum atomic E-state index is -1.72. The Morgan fingerprint density at radius 3 is 2.24 bits per heavy atom. The highest BCUT2D eigenvalue weighted by Gasteiger charge is 2.66. The van der Waals surface area contributed by atoms with Crippen LogP contribution >= 0.6 is 0 Å². The second kappa shape index (κ2) is 4.82. The fourth-order valence-electron chi connectivity index (χ4n) is 3.05. The van der Waals surface area contributed by atoms with E-state index in [1.165, 1.54) is 6.92 Å². The molecular formula is C15H18NO5-. The third-order valence-electron chi connectivity index (χ3n) is 4.48. The zero-order chi connectivity index (χ0) is 15.9. The third-order valence-corrected chi connectivity index (χ3v) is 4.48. The first-order chi connectivity index (χ1) is 9.67. The maximum Gasteiger partial charge on any atom is 0.260 e. The number of hydrogen-bond donors (Lipinski definition) is 0. The summed E-state index contributed by atoms with van der Waals surface area (Å²) < 4.78 is 4.63. The van der Waals surface area contributed by atoms with Crippen LogP contribution in [0.15, 0.2) is 30.3 Å². The van der Waals surface area contributed by atoms with Crippen molar-refractivity contribution in [3.05, 3.63) is 35.9 Å². The summed E-state index contributed by atoms with van der Waals surface area (Å²) in [7, 11) is 0. The molecule has 2 atom stereocenters. The second-order valence-electron chi connectivity index (χ2n) is 6.02. The van der Waals surface area contributed by atoms with Crippen molar-refractivity contribution >= 4 is 12.1 Å². The van der Waals surface area contributed by atoms with Gasteiger partial charge < -0.3 is 24.5 Å². The van der Waals surface area contributed by atoms with Gasteiger partial charge in [-0.2, -0.15) is 0 Å². The number of aliphatic carboxylic acids is 1. The van der Waals surface area contributed by atoms with Crippen molar-refractivity contribution in [2.24, 2.45) is 0 Å². The lowest BCUT2D eigenvalue weighted by atomic mass is 9.94. The molecule has 2 rings (SSSR count). The Morgan fingerprint density at radius 2 is 1.76 bits per heavy atom. The summed E-state index contributed by atoms with van der Waals surface area (Å²) in [5.41, 5.74) is -2.28. The minimum Gasteiger partial charge on any atom is -0.544 e. The molecule has 1 amide bonds. The van der Waals surface area contributed by atoms with Crippen LogP contribution in [0.1, 0.15) is 26.3 Å². The summed E-state index contributed by atoms with van der Waals surface area (Å²) in [6, 6.07) is 8.82. The zero-order valence-electron chi connectivity index (χ0n) is 12.3. The Bertz CT molecular complexity index is 571. The van der Waals surface area contributed by atoms with Crippen LogP contribution in [0.2, 0.25) is 0 Å². The molecule has 0 N–H and O–H groups in total. The average Bonchev–Trinajstić information content (AvgIpc) is 2.62. The van der Waals surface area contributed by atoms with Crippen molar-refractivity contribution in [1.82, 2.24) is 0 Å². The van der Waals surface area contributed by atoms with Crippen molar-refractivity contribution < 1.29 is 29.0 Å². The highest BCUT2D eigenvalue weighted by atomic mass is 16.6. The molecule has 1 aliphatic heterocycles. The van der Waals surface area contributed by atoms with Crippen molar-refractivity contribution in [3.63, 3.8) is 0 Å². The molecule has 0 aromatic heterocycles. The Hall–Kier alpha value is -1.92. The molecule has 1 fully saturated rings. The molecule has 6 nitrogen and oxygen atoms in total. The molecule has 1 aliphatic rings. The van der Waals surface area contributed by atoms with Crippen LogP contribution in [0.25, 0.3) is 0 Å². The number of nitrogens with zero attached hydrogens (tertiary/aromatic N) is 1. The van der Waals surface area contributed by atoms with E-state index in [0.29, 0.717) is 5.56 Å². The van der Waals surface area contributed by atoms with E-state index >= 15 is 0 Å². The second-order valence-corrected chi connectivity index (χ2v) is 6.02. The van der Waals surface area contributed by atoms with Gasteiger partial charge in [-0.3, -0.25) is 0 Å². The normalized spacial score (nSPS) is 31.0. The molecular weight excluding hydrogens is 274 g/mol. The number of carboxylic acid groups (broad SMARTS) is 2. The summed E-state index contributed by atoms with van der Waals surface area (Å²) in [5, 5.41) is 23.6. The predicted molar refractivity (Wildman–Crippen MR) is 69.2 cm³/mol. The molecule has 0 bridgehead atoms. The van der Waals surface area contributed by atoms with Gasteiger partial charge in [-0.05, 0) is 6.92 Å². The molecule has 114 valence electrons. The van der Waals surface area contributed by atoms with Crippen molar-refractivity contribution in [1.29, 1.82) is 0 Å². The zero-order valence-corrected chi connectivity index (χ0v) is 12.3. The van der Waals surface area contributed by atoms with Crippen molar-refractivity contribution in [2.75, 3.05) is 6.61 Å². The molecule has 0 spiro atoms. The predicted octanol–water partition coefficient (Wildman–Crippen LogP) is -0.378. The topological polar surface area (TPSA) is 89.5 Å². The summed E-state index contributed by atoms with van der Waals surface area (Å²) in [6.45, 7) is 4.14. The number of rotatable bonds is 3. The van der Waals surface area contributed by atoms with Crippen LogP contribution in [0.3, 0.4) is 0 Å². The Kier molecular flexibility index (Phi) is 3.55. The molecule has 1 saturated heterocycles. The van der Waals surface area contributed by atoms with E-state index in [9.17, 15) is 19.8 Å². The SMILES string of the molecule is CC1(C)OCC(C)(C(=O)[O-])[N@+]1(Cc1ccccc1)C(=O)[O-]. The van der Waals surface area contributed by atoms with Crippen LogP contribution in [-0.2, 0) is 16.1 Å². The molecule has 1 heterocycles. The Balaban J connectivity index is 2.62. The highest BCUT2D eigenvalue weighted by Crippen LogP contribution is 2.44. The van der Waals surface area contributed by atoms with Crippen LogP contribution in [-0.4, -0.2) is 34.4 Å². The quantitative estimate of drug-likeness (QED) is 0.709. The van der Waals surface area contributed by atoms with Gasteiger partial charge in [-0.15, -0.1) is 0 Å². The molecule has 1 unspecified atom stereocenters. The molecule has 0 radical (unpaired) electrons. The number of amides is 1. The lowest BCUT2D eigenvalue weighted by Gasteiger charge is -2.51. The van der Waals surface area contributed by atoms with Crippen LogP contribution < -0.4 is 10.2 Å². The fourth-order valence-corrected chi connectivity index (χ4v) is 3.05. The van der Waals surface area contributed by atoms with E-state index in [1.807, 2.05) is 0 Å². The van der Waals surface area contributed by atoms with Crippen LogP contribution in [0.5, 0.6) is 0 Å². The molecule has 1 aromatic carbocycles. The molecule has 0 aliphatic carbocycles. The summed E-state index contributed by atoms with van der Waals surface area (Å²) in [4.78, 5) is 23.6. The third kappa shape index (κ3) is 2.02. The van der Waals surface area contributed by atoms with Crippen molar-refractivity contribution in [3.8, 4) is 0 Å².